The van der Waals surface area contributed by atoms with Crippen LogP contribution in [0.2, 0.25) is 0 Å². The Bertz CT molecular complexity index is 569. The van der Waals surface area contributed by atoms with Crippen LogP contribution < -0.4 is 9.64 Å². The van der Waals surface area contributed by atoms with Crippen molar-refractivity contribution < 1.29 is 17.3 Å². The molecule has 0 radical (unpaired) electrons. The van der Waals surface area contributed by atoms with E-state index < -0.39 is 10.1 Å². The Morgan fingerprint density at radius 3 is 2.45 bits per heavy atom. The summed E-state index contributed by atoms with van der Waals surface area (Å²) in [4.78, 5) is 4.13. The van der Waals surface area contributed by atoms with E-state index in [1.807, 2.05) is 36.1 Å². The van der Waals surface area contributed by atoms with Crippen LogP contribution in [-0.2, 0) is 14.3 Å². The third-order valence-corrected chi connectivity index (χ3v) is 4.81. The lowest BCUT2D eigenvalue weighted by molar-refractivity contribution is 0.262. The predicted molar refractivity (Wildman–Crippen MR) is 86.8 cm³/mol. The second-order valence-corrected chi connectivity index (χ2v) is 6.89. The number of piperazine rings is 1. The summed E-state index contributed by atoms with van der Waals surface area (Å²) in [7, 11) is -1.80. The molecular formula is C15H24N2O4S. The van der Waals surface area contributed by atoms with Crippen LogP contribution in [0.5, 0.6) is 5.75 Å². The first-order valence-electron chi connectivity index (χ1n) is 7.53. The Morgan fingerprint density at radius 2 is 1.82 bits per heavy atom. The van der Waals surface area contributed by atoms with Gasteiger partial charge in [0.05, 0.1) is 19.4 Å². The Morgan fingerprint density at radius 1 is 1.14 bits per heavy atom. The van der Waals surface area contributed by atoms with E-state index in [4.69, 9.17) is 8.92 Å². The van der Waals surface area contributed by atoms with Gasteiger partial charge in [0.2, 0.25) is 0 Å². The van der Waals surface area contributed by atoms with E-state index in [0.717, 1.165) is 24.5 Å². The highest BCUT2D eigenvalue weighted by molar-refractivity contribution is 7.86. The number of methoxy groups -OCH3 is 1. The Labute approximate surface area is 132 Å². The third kappa shape index (κ3) is 4.59. The number of benzene rings is 1. The lowest BCUT2D eigenvalue weighted by atomic mass is 10.2. The molecule has 1 fully saturated rings. The molecule has 1 heterocycles. The zero-order valence-electron chi connectivity index (χ0n) is 13.2. The number of rotatable bonds is 7. The normalized spacial score (nSPS) is 16.7. The van der Waals surface area contributed by atoms with Gasteiger partial charge >= 0.3 is 0 Å². The SMILES string of the molecule is CCCOS(=O)(=O)CN1CCN(c2ccccc2OC)CC1. The number of anilines is 1. The van der Waals surface area contributed by atoms with Gasteiger partial charge in [-0.1, -0.05) is 19.1 Å². The van der Waals surface area contributed by atoms with E-state index in [9.17, 15) is 8.42 Å². The average molecular weight is 328 g/mol. The molecular weight excluding hydrogens is 304 g/mol. The summed E-state index contributed by atoms with van der Waals surface area (Å²) in [5, 5.41) is 0. The topological polar surface area (TPSA) is 59.1 Å². The predicted octanol–water partition coefficient (Wildman–Crippen LogP) is 1.53. The molecule has 22 heavy (non-hydrogen) atoms. The fourth-order valence-electron chi connectivity index (χ4n) is 2.48. The number of nitrogens with zero attached hydrogens (tertiary/aromatic N) is 2. The lowest BCUT2D eigenvalue weighted by Gasteiger charge is -2.36. The minimum atomic E-state index is -3.46. The van der Waals surface area contributed by atoms with E-state index in [-0.39, 0.29) is 12.5 Å². The van der Waals surface area contributed by atoms with Gasteiger partial charge in [-0.15, -0.1) is 0 Å². The summed E-state index contributed by atoms with van der Waals surface area (Å²) in [6.45, 7) is 5.05. The molecule has 1 aromatic carbocycles. The summed E-state index contributed by atoms with van der Waals surface area (Å²) in [5.74, 6) is 0.807. The smallest absolute Gasteiger partial charge is 0.280 e. The van der Waals surface area contributed by atoms with Crippen molar-refractivity contribution in [3.8, 4) is 5.75 Å². The number of ether oxygens (including phenoxy) is 1. The molecule has 0 bridgehead atoms. The standard InChI is InChI=1S/C15H24N2O4S/c1-3-12-21-22(18,19)13-16-8-10-17(11-9-16)14-6-4-5-7-15(14)20-2/h4-7H,3,8-13H2,1-2H3. The van der Waals surface area contributed by atoms with Crippen LogP contribution in [0.4, 0.5) is 5.69 Å². The quantitative estimate of drug-likeness (QED) is 0.708. The maximum absolute atomic E-state index is 11.8. The molecule has 1 aliphatic rings. The molecule has 0 atom stereocenters. The molecule has 1 aliphatic heterocycles. The largest absolute Gasteiger partial charge is 0.495 e. The Kier molecular flexibility index (Phi) is 6.05. The molecule has 0 aliphatic carbocycles. The molecule has 7 heteroatoms. The zero-order chi connectivity index (χ0) is 16.0. The molecule has 0 amide bonds. The molecule has 0 aromatic heterocycles. The van der Waals surface area contributed by atoms with Crippen molar-refractivity contribution in [1.29, 1.82) is 0 Å². The van der Waals surface area contributed by atoms with E-state index in [0.29, 0.717) is 19.5 Å². The van der Waals surface area contributed by atoms with Gasteiger partial charge in [-0.2, -0.15) is 8.42 Å². The monoisotopic (exact) mass is 328 g/mol. The van der Waals surface area contributed by atoms with Gasteiger partial charge in [0.25, 0.3) is 10.1 Å². The van der Waals surface area contributed by atoms with Crippen molar-refractivity contribution in [3.05, 3.63) is 24.3 Å². The van der Waals surface area contributed by atoms with Crippen LogP contribution in [0.25, 0.3) is 0 Å². The number of hydrogen-bond acceptors (Lipinski definition) is 6. The minimum Gasteiger partial charge on any atom is -0.495 e. The van der Waals surface area contributed by atoms with Gasteiger partial charge in [-0.05, 0) is 18.6 Å². The molecule has 0 saturated carbocycles. The summed E-state index contributed by atoms with van der Waals surface area (Å²) in [6, 6.07) is 7.88. The third-order valence-electron chi connectivity index (χ3n) is 3.61. The first-order chi connectivity index (χ1) is 10.6. The summed E-state index contributed by atoms with van der Waals surface area (Å²) >= 11 is 0. The van der Waals surface area contributed by atoms with Crippen LogP contribution in [0, 0.1) is 0 Å². The molecule has 0 unspecified atom stereocenters. The Hall–Kier alpha value is -1.31. The van der Waals surface area contributed by atoms with E-state index in [1.165, 1.54) is 0 Å². The summed E-state index contributed by atoms with van der Waals surface area (Å²) < 4.78 is 33.9. The summed E-state index contributed by atoms with van der Waals surface area (Å²) in [5.41, 5.74) is 1.05. The highest BCUT2D eigenvalue weighted by Crippen LogP contribution is 2.28. The first-order valence-corrected chi connectivity index (χ1v) is 9.11. The Balaban J connectivity index is 1.90. The summed E-state index contributed by atoms with van der Waals surface area (Å²) in [6.07, 6.45) is 0.695. The van der Waals surface area contributed by atoms with Crippen LogP contribution in [0.3, 0.4) is 0 Å². The highest BCUT2D eigenvalue weighted by Gasteiger charge is 2.23. The van der Waals surface area contributed by atoms with Crippen molar-refractivity contribution >= 4 is 15.8 Å². The zero-order valence-corrected chi connectivity index (χ0v) is 14.0. The highest BCUT2D eigenvalue weighted by atomic mass is 32.2. The van der Waals surface area contributed by atoms with Gasteiger partial charge in [0.15, 0.2) is 0 Å². The first kappa shape index (κ1) is 17.1. The molecule has 124 valence electrons. The molecule has 1 saturated heterocycles. The molecule has 1 aromatic rings. The molecule has 2 rings (SSSR count). The fourth-order valence-corrected chi connectivity index (χ4v) is 3.68. The molecule has 0 N–H and O–H groups in total. The van der Waals surface area contributed by atoms with Crippen molar-refractivity contribution in [2.24, 2.45) is 0 Å². The van der Waals surface area contributed by atoms with Crippen LogP contribution in [-0.4, -0.2) is 59.1 Å². The van der Waals surface area contributed by atoms with Gasteiger partial charge < -0.3 is 9.64 Å². The molecule has 0 spiro atoms. The number of para-hydroxylation sites is 2. The van der Waals surface area contributed by atoms with Crippen molar-refractivity contribution in [2.75, 3.05) is 50.7 Å². The van der Waals surface area contributed by atoms with Gasteiger partial charge in [-0.3, -0.25) is 9.08 Å². The molecule has 6 nitrogen and oxygen atoms in total. The van der Waals surface area contributed by atoms with E-state index >= 15 is 0 Å². The van der Waals surface area contributed by atoms with Gasteiger partial charge in [0.1, 0.15) is 11.6 Å². The van der Waals surface area contributed by atoms with Crippen LogP contribution >= 0.6 is 0 Å². The van der Waals surface area contributed by atoms with E-state index in [2.05, 4.69) is 4.90 Å². The second kappa shape index (κ2) is 7.80. The van der Waals surface area contributed by atoms with E-state index in [1.54, 1.807) is 7.11 Å². The maximum Gasteiger partial charge on any atom is 0.280 e. The number of hydrogen-bond donors (Lipinski definition) is 0. The average Bonchev–Trinajstić information content (AvgIpc) is 2.53. The van der Waals surface area contributed by atoms with Gasteiger partial charge in [-0.25, -0.2) is 0 Å². The lowest BCUT2D eigenvalue weighted by Crippen LogP contribution is -2.48. The van der Waals surface area contributed by atoms with Crippen LogP contribution in [0.1, 0.15) is 13.3 Å². The maximum atomic E-state index is 11.8. The van der Waals surface area contributed by atoms with Gasteiger partial charge in [0, 0.05) is 26.2 Å². The minimum absolute atomic E-state index is 0.0350. The fraction of sp³-hybridized carbons (Fsp3) is 0.600. The van der Waals surface area contributed by atoms with Crippen molar-refractivity contribution in [3.63, 3.8) is 0 Å². The second-order valence-electron chi connectivity index (χ2n) is 5.29. The van der Waals surface area contributed by atoms with Crippen LogP contribution in [0.15, 0.2) is 24.3 Å². The van der Waals surface area contributed by atoms with Crippen molar-refractivity contribution in [1.82, 2.24) is 4.90 Å². The van der Waals surface area contributed by atoms with Crippen molar-refractivity contribution in [2.45, 2.75) is 13.3 Å².